The van der Waals surface area contributed by atoms with Crippen molar-refractivity contribution in [3.63, 3.8) is 0 Å². The molecule has 0 aromatic rings. The summed E-state index contributed by atoms with van der Waals surface area (Å²) in [6, 6.07) is 0. The maximum absolute atomic E-state index is 12.0. The first-order valence-corrected chi connectivity index (χ1v) is 13.8. The molecule has 0 aromatic carbocycles. The Morgan fingerprint density at radius 3 is 1.66 bits per heavy atom. The summed E-state index contributed by atoms with van der Waals surface area (Å²) in [5.41, 5.74) is 0. The fourth-order valence-electron chi connectivity index (χ4n) is 3.07. The Kier molecular flexibility index (Phi) is 10.5. The molecule has 2 aliphatic heterocycles. The van der Waals surface area contributed by atoms with Crippen molar-refractivity contribution in [3.05, 3.63) is 0 Å². The van der Waals surface area contributed by atoms with Crippen LogP contribution in [0.1, 0.15) is 0 Å². The van der Waals surface area contributed by atoms with Crippen LogP contribution < -0.4 is 0 Å². The lowest BCUT2D eigenvalue weighted by atomic mass is 9.97. The lowest BCUT2D eigenvalue weighted by Gasteiger charge is -2.45. The molecular formula is C12H25O20P3. The van der Waals surface area contributed by atoms with Gasteiger partial charge in [0.15, 0.2) is 12.6 Å². The first kappa shape index (κ1) is 31.2. The second-order valence-electron chi connectivity index (χ2n) is 7.20. The molecule has 3 unspecified atom stereocenters. The molecule has 12 atom stereocenters. The van der Waals surface area contributed by atoms with Gasteiger partial charge in [0.25, 0.3) is 0 Å². The van der Waals surface area contributed by atoms with Gasteiger partial charge in [-0.3, -0.25) is 4.52 Å². The van der Waals surface area contributed by atoms with Crippen molar-refractivity contribution >= 4 is 23.5 Å². The molecule has 23 heteroatoms. The molecule has 0 bridgehead atoms. The number of hydrogen-bond acceptors (Lipinski definition) is 16. The molecule has 2 rings (SSSR count). The first-order valence-electron chi connectivity index (χ1n) is 9.32. The number of aliphatic hydroxyl groups is 7. The van der Waals surface area contributed by atoms with Crippen LogP contribution >= 0.6 is 23.5 Å². The zero-order valence-corrected chi connectivity index (χ0v) is 19.8. The van der Waals surface area contributed by atoms with Gasteiger partial charge >= 0.3 is 23.5 Å². The topological polar surface area (TPSA) is 329 Å². The van der Waals surface area contributed by atoms with Crippen LogP contribution in [0, 0.1) is 0 Å². The summed E-state index contributed by atoms with van der Waals surface area (Å²) in [6.07, 6.45) is -19.3. The van der Waals surface area contributed by atoms with E-state index in [1.165, 1.54) is 0 Å². The van der Waals surface area contributed by atoms with Gasteiger partial charge in [-0.1, -0.05) is 0 Å². The highest BCUT2D eigenvalue weighted by Gasteiger charge is 2.53. The Morgan fingerprint density at radius 2 is 1.14 bits per heavy atom. The van der Waals surface area contributed by atoms with Crippen LogP contribution in [0.25, 0.3) is 0 Å². The van der Waals surface area contributed by atoms with Crippen LogP contribution in [0.5, 0.6) is 0 Å². The molecule has 20 nitrogen and oxygen atoms in total. The van der Waals surface area contributed by atoms with Gasteiger partial charge in [-0.2, -0.15) is 8.62 Å². The molecule has 208 valence electrons. The van der Waals surface area contributed by atoms with Crippen molar-refractivity contribution < 1.29 is 96.4 Å². The van der Waals surface area contributed by atoms with Crippen molar-refractivity contribution in [2.75, 3.05) is 13.2 Å². The smallest absolute Gasteiger partial charge is 0.394 e. The number of rotatable bonds is 10. The largest absolute Gasteiger partial charge is 0.490 e. The molecule has 0 radical (unpaired) electrons. The van der Waals surface area contributed by atoms with E-state index in [1.54, 1.807) is 0 Å². The summed E-state index contributed by atoms with van der Waals surface area (Å²) in [7, 11) is -17.4. The van der Waals surface area contributed by atoms with Crippen LogP contribution in [0.15, 0.2) is 0 Å². The molecule has 35 heavy (non-hydrogen) atoms. The molecule has 2 aliphatic rings. The lowest BCUT2D eigenvalue weighted by Crippen LogP contribution is -2.64. The molecule has 2 saturated heterocycles. The van der Waals surface area contributed by atoms with E-state index in [1.807, 2.05) is 0 Å². The van der Waals surface area contributed by atoms with Crippen LogP contribution in [-0.2, 0) is 41.1 Å². The zero-order chi connectivity index (χ0) is 26.9. The summed E-state index contributed by atoms with van der Waals surface area (Å²) >= 11 is 0. The fraction of sp³-hybridized carbons (Fsp3) is 1.00. The monoisotopic (exact) mass is 582 g/mol. The minimum Gasteiger partial charge on any atom is -0.394 e. The summed E-state index contributed by atoms with van der Waals surface area (Å²) in [4.78, 5) is 35.8. The van der Waals surface area contributed by atoms with Gasteiger partial charge in [0.05, 0.1) is 13.2 Å². The summed E-state index contributed by atoms with van der Waals surface area (Å²) in [5.74, 6) is 0. The van der Waals surface area contributed by atoms with E-state index in [2.05, 4.69) is 13.1 Å². The molecular weight excluding hydrogens is 557 g/mol. The predicted molar refractivity (Wildman–Crippen MR) is 101 cm³/mol. The lowest BCUT2D eigenvalue weighted by molar-refractivity contribution is -0.353. The maximum atomic E-state index is 12.0. The van der Waals surface area contributed by atoms with Gasteiger partial charge < -0.3 is 69.5 Å². The number of aliphatic hydroxyl groups excluding tert-OH is 7. The molecule has 0 saturated carbocycles. The standard InChI is InChI=1S/C12H25O20P3/c13-1-3-5(15)6(16)8(18)11(27-3)29-10-4(2-14)28-12(9(19)7(10)17)30-34(23,24)32-35(25,26)31-33(20,21)22/h3-19H,1-2H2,(H,23,24)(H,25,26)(H2,20,21,22)/t3-,4-,5+,6+,7-,8-,9-,10-,11+,12?/m1/s1. The third-order valence-corrected chi connectivity index (χ3v) is 8.41. The third-order valence-electron chi connectivity index (χ3n) is 4.61. The average molecular weight is 582 g/mol. The van der Waals surface area contributed by atoms with Crippen LogP contribution in [0.2, 0.25) is 0 Å². The Hall–Kier alpha value is 0.0100. The van der Waals surface area contributed by atoms with E-state index >= 15 is 0 Å². The molecule has 2 heterocycles. The molecule has 0 aromatic heterocycles. The first-order chi connectivity index (χ1) is 15.9. The van der Waals surface area contributed by atoms with E-state index in [9.17, 15) is 54.3 Å². The van der Waals surface area contributed by atoms with Gasteiger partial charge in [-0.25, -0.2) is 13.7 Å². The molecule has 2 fully saturated rings. The SMILES string of the molecule is O=P(O)(O)OP(=O)(O)OP(=O)(O)OC1O[C@H](CO)[C@@H](O[C@@H]2O[C@H](CO)[C@H](O)[C@H](O)[C@H]2O)[C@H](O)[C@H]1O. The van der Waals surface area contributed by atoms with Crippen LogP contribution in [0.4, 0.5) is 0 Å². The van der Waals surface area contributed by atoms with E-state index in [0.717, 1.165) is 0 Å². The van der Waals surface area contributed by atoms with Gasteiger partial charge in [0.1, 0.15) is 48.8 Å². The van der Waals surface area contributed by atoms with Crippen molar-refractivity contribution in [1.82, 2.24) is 0 Å². The normalized spacial score (nSPS) is 42.3. The Morgan fingerprint density at radius 1 is 0.629 bits per heavy atom. The molecule has 0 spiro atoms. The van der Waals surface area contributed by atoms with Crippen LogP contribution in [0.3, 0.4) is 0 Å². The van der Waals surface area contributed by atoms with Crippen molar-refractivity contribution in [2.24, 2.45) is 0 Å². The second kappa shape index (κ2) is 11.8. The second-order valence-corrected chi connectivity index (χ2v) is 11.6. The van der Waals surface area contributed by atoms with E-state index in [4.69, 9.17) is 28.9 Å². The average Bonchev–Trinajstić information content (AvgIpc) is 2.70. The van der Waals surface area contributed by atoms with E-state index in [0.29, 0.717) is 0 Å². The minimum absolute atomic E-state index is 0.831. The number of phosphoric acid groups is 3. The number of ether oxygens (including phenoxy) is 3. The summed E-state index contributed by atoms with van der Waals surface area (Å²) < 4.78 is 60.6. The highest BCUT2D eigenvalue weighted by molar-refractivity contribution is 7.66. The molecule has 0 amide bonds. The Bertz CT molecular complexity index is 845. The summed E-state index contributed by atoms with van der Waals surface area (Å²) in [5, 5.41) is 68.9. The Balaban J connectivity index is 2.13. The molecule has 11 N–H and O–H groups in total. The third kappa shape index (κ3) is 8.25. The van der Waals surface area contributed by atoms with Crippen LogP contribution in [-0.4, -0.2) is 130 Å². The number of hydrogen-bond donors (Lipinski definition) is 11. The number of phosphoric ester groups is 1. The zero-order valence-electron chi connectivity index (χ0n) is 17.1. The highest BCUT2D eigenvalue weighted by atomic mass is 31.3. The van der Waals surface area contributed by atoms with Gasteiger partial charge in [-0.15, -0.1) is 0 Å². The van der Waals surface area contributed by atoms with E-state index in [-0.39, 0.29) is 0 Å². The van der Waals surface area contributed by atoms with E-state index < -0.39 is 98.1 Å². The van der Waals surface area contributed by atoms with Gasteiger partial charge in [0.2, 0.25) is 0 Å². The van der Waals surface area contributed by atoms with Crippen molar-refractivity contribution in [3.8, 4) is 0 Å². The Labute approximate surface area is 195 Å². The van der Waals surface area contributed by atoms with Gasteiger partial charge in [0, 0.05) is 0 Å². The van der Waals surface area contributed by atoms with Crippen molar-refractivity contribution in [2.45, 2.75) is 61.4 Å². The highest BCUT2D eigenvalue weighted by Crippen LogP contribution is 2.66. The van der Waals surface area contributed by atoms with Crippen molar-refractivity contribution in [1.29, 1.82) is 0 Å². The fourth-order valence-corrected chi connectivity index (χ4v) is 6.17. The van der Waals surface area contributed by atoms with Gasteiger partial charge in [-0.05, 0) is 0 Å². The molecule has 0 aliphatic carbocycles. The maximum Gasteiger partial charge on any atom is 0.490 e. The summed E-state index contributed by atoms with van der Waals surface area (Å²) in [6.45, 7) is -1.88. The minimum atomic E-state index is -5.91. The quantitative estimate of drug-likeness (QED) is 0.107. The predicted octanol–water partition coefficient (Wildman–Crippen LogP) is -5.05.